The predicted octanol–water partition coefficient (Wildman–Crippen LogP) is 1.57. The van der Waals surface area contributed by atoms with E-state index in [-0.39, 0.29) is 5.54 Å². The number of anilines is 1. The highest BCUT2D eigenvalue weighted by Gasteiger charge is 2.26. The van der Waals surface area contributed by atoms with Gasteiger partial charge >= 0.3 is 0 Å². The van der Waals surface area contributed by atoms with Gasteiger partial charge < -0.3 is 16.8 Å². The third kappa shape index (κ3) is 3.20. The molecule has 0 saturated heterocycles. The van der Waals surface area contributed by atoms with E-state index in [1.54, 1.807) is 12.1 Å². The van der Waals surface area contributed by atoms with Gasteiger partial charge in [-0.1, -0.05) is 13.8 Å². The number of nitrogens with one attached hydrogen (secondary N) is 1. The van der Waals surface area contributed by atoms with E-state index in [0.717, 1.165) is 5.69 Å². The minimum atomic E-state index is -0.415. The van der Waals surface area contributed by atoms with Crippen LogP contribution < -0.4 is 16.8 Å². The van der Waals surface area contributed by atoms with Crippen molar-refractivity contribution in [1.29, 1.82) is 0 Å². The van der Waals surface area contributed by atoms with Gasteiger partial charge in [-0.15, -0.1) is 0 Å². The number of amides is 1. The van der Waals surface area contributed by atoms with E-state index < -0.39 is 5.91 Å². The van der Waals surface area contributed by atoms with E-state index in [9.17, 15) is 4.79 Å². The molecule has 94 valence electrons. The molecule has 0 heterocycles. The van der Waals surface area contributed by atoms with Gasteiger partial charge in [0.25, 0.3) is 0 Å². The molecule has 1 atom stereocenters. The zero-order valence-electron chi connectivity index (χ0n) is 10.7. The standard InChI is InChI=1S/C13H21N3O/c1-9(2)13(3,8-14)16-11-6-4-10(5-7-11)12(15)17/h4-7,9,16H,8,14H2,1-3H3,(H2,15,17). The Labute approximate surface area is 102 Å². The Bertz CT molecular complexity index is 386. The summed E-state index contributed by atoms with van der Waals surface area (Å²) < 4.78 is 0. The summed E-state index contributed by atoms with van der Waals surface area (Å²) >= 11 is 0. The SMILES string of the molecule is CC(C)C(C)(CN)Nc1ccc(C(N)=O)cc1. The lowest BCUT2D eigenvalue weighted by atomic mass is 9.88. The first kappa shape index (κ1) is 13.5. The molecule has 0 aromatic heterocycles. The first-order valence-corrected chi connectivity index (χ1v) is 5.77. The number of hydrogen-bond acceptors (Lipinski definition) is 3. The molecule has 0 spiro atoms. The van der Waals surface area contributed by atoms with Crippen LogP contribution in [0.4, 0.5) is 5.69 Å². The van der Waals surface area contributed by atoms with Gasteiger partial charge in [-0.25, -0.2) is 0 Å². The molecule has 1 unspecified atom stereocenters. The van der Waals surface area contributed by atoms with E-state index in [0.29, 0.717) is 18.0 Å². The van der Waals surface area contributed by atoms with Gasteiger partial charge in [0.15, 0.2) is 0 Å². The Morgan fingerprint density at radius 1 is 1.35 bits per heavy atom. The van der Waals surface area contributed by atoms with Crippen molar-refractivity contribution < 1.29 is 4.79 Å². The molecule has 0 aliphatic carbocycles. The summed E-state index contributed by atoms with van der Waals surface area (Å²) in [5.41, 5.74) is 12.3. The second kappa shape index (κ2) is 5.19. The maximum Gasteiger partial charge on any atom is 0.248 e. The number of carbonyl (C=O) groups excluding carboxylic acids is 1. The molecule has 4 heteroatoms. The minimum absolute atomic E-state index is 0.158. The Morgan fingerprint density at radius 3 is 2.24 bits per heavy atom. The van der Waals surface area contributed by atoms with Crippen LogP contribution in [0.1, 0.15) is 31.1 Å². The lowest BCUT2D eigenvalue weighted by Crippen LogP contribution is -2.47. The molecule has 0 radical (unpaired) electrons. The monoisotopic (exact) mass is 235 g/mol. The van der Waals surface area contributed by atoms with E-state index in [1.165, 1.54) is 0 Å². The largest absolute Gasteiger partial charge is 0.378 e. The molecule has 4 nitrogen and oxygen atoms in total. The van der Waals surface area contributed by atoms with Crippen molar-refractivity contribution in [2.24, 2.45) is 17.4 Å². The molecule has 1 aromatic carbocycles. The maximum atomic E-state index is 10.9. The molecule has 1 rings (SSSR count). The van der Waals surface area contributed by atoms with Crippen LogP contribution in [-0.2, 0) is 0 Å². The van der Waals surface area contributed by atoms with Crippen LogP contribution in [0.5, 0.6) is 0 Å². The number of rotatable bonds is 5. The number of carbonyl (C=O) groups is 1. The maximum absolute atomic E-state index is 10.9. The van der Waals surface area contributed by atoms with Crippen LogP contribution in [0.25, 0.3) is 0 Å². The molecule has 17 heavy (non-hydrogen) atoms. The minimum Gasteiger partial charge on any atom is -0.378 e. The molecule has 1 amide bonds. The Balaban J connectivity index is 2.85. The summed E-state index contributed by atoms with van der Waals surface area (Å²) in [5.74, 6) is -0.00897. The van der Waals surface area contributed by atoms with Crippen molar-refractivity contribution in [3.05, 3.63) is 29.8 Å². The van der Waals surface area contributed by atoms with Crippen molar-refractivity contribution >= 4 is 11.6 Å². The second-order valence-electron chi connectivity index (χ2n) is 4.84. The van der Waals surface area contributed by atoms with Crippen LogP contribution in [0, 0.1) is 5.92 Å². The van der Waals surface area contributed by atoms with Crippen molar-refractivity contribution in [3.63, 3.8) is 0 Å². The number of hydrogen-bond donors (Lipinski definition) is 3. The van der Waals surface area contributed by atoms with Crippen LogP contribution in [0.15, 0.2) is 24.3 Å². The second-order valence-corrected chi connectivity index (χ2v) is 4.84. The summed E-state index contributed by atoms with van der Waals surface area (Å²) in [5, 5.41) is 3.39. The molecular weight excluding hydrogens is 214 g/mol. The van der Waals surface area contributed by atoms with Gasteiger partial charge in [-0.05, 0) is 37.1 Å². The van der Waals surface area contributed by atoms with Crippen molar-refractivity contribution in [2.75, 3.05) is 11.9 Å². The van der Waals surface area contributed by atoms with Gasteiger partial charge in [0.1, 0.15) is 0 Å². The molecule has 0 aliphatic rings. The third-order valence-electron chi connectivity index (χ3n) is 3.30. The van der Waals surface area contributed by atoms with Crippen molar-refractivity contribution in [2.45, 2.75) is 26.3 Å². The molecule has 0 fully saturated rings. The molecule has 0 bridgehead atoms. The average molecular weight is 235 g/mol. The van der Waals surface area contributed by atoms with E-state index >= 15 is 0 Å². The lowest BCUT2D eigenvalue weighted by Gasteiger charge is -2.34. The Kier molecular flexibility index (Phi) is 4.12. The van der Waals surface area contributed by atoms with Gasteiger partial charge in [0.2, 0.25) is 5.91 Å². The highest BCUT2D eigenvalue weighted by molar-refractivity contribution is 5.93. The third-order valence-corrected chi connectivity index (χ3v) is 3.30. The van der Waals surface area contributed by atoms with Crippen LogP contribution >= 0.6 is 0 Å². The quantitative estimate of drug-likeness (QED) is 0.724. The van der Waals surface area contributed by atoms with E-state index in [2.05, 4.69) is 26.1 Å². The van der Waals surface area contributed by atoms with Crippen molar-refractivity contribution in [1.82, 2.24) is 0 Å². The zero-order chi connectivity index (χ0) is 13.1. The Morgan fingerprint density at radius 2 is 1.88 bits per heavy atom. The fraction of sp³-hybridized carbons (Fsp3) is 0.462. The summed E-state index contributed by atoms with van der Waals surface area (Å²) in [6, 6.07) is 7.11. The topological polar surface area (TPSA) is 81.1 Å². The van der Waals surface area contributed by atoms with Gasteiger partial charge in [-0.2, -0.15) is 0 Å². The molecular formula is C13H21N3O. The molecule has 5 N–H and O–H groups in total. The molecule has 0 aliphatic heterocycles. The lowest BCUT2D eigenvalue weighted by molar-refractivity contribution is 0.100. The summed E-state index contributed by atoms with van der Waals surface area (Å²) in [7, 11) is 0. The summed E-state index contributed by atoms with van der Waals surface area (Å²) in [6.07, 6.45) is 0. The predicted molar refractivity (Wildman–Crippen MR) is 70.9 cm³/mol. The van der Waals surface area contributed by atoms with Crippen LogP contribution in [0.3, 0.4) is 0 Å². The van der Waals surface area contributed by atoms with Crippen LogP contribution in [0.2, 0.25) is 0 Å². The van der Waals surface area contributed by atoms with E-state index in [4.69, 9.17) is 11.5 Å². The first-order valence-electron chi connectivity index (χ1n) is 5.77. The summed E-state index contributed by atoms with van der Waals surface area (Å²) in [4.78, 5) is 10.9. The number of primary amides is 1. The van der Waals surface area contributed by atoms with Gasteiger partial charge in [0.05, 0.1) is 0 Å². The smallest absolute Gasteiger partial charge is 0.248 e. The molecule has 1 aromatic rings. The van der Waals surface area contributed by atoms with E-state index in [1.807, 2.05) is 12.1 Å². The first-order chi connectivity index (χ1) is 7.89. The van der Waals surface area contributed by atoms with Gasteiger partial charge in [-0.3, -0.25) is 4.79 Å². The molecule has 0 saturated carbocycles. The summed E-state index contributed by atoms with van der Waals surface area (Å²) in [6.45, 7) is 6.87. The van der Waals surface area contributed by atoms with Crippen LogP contribution in [-0.4, -0.2) is 18.0 Å². The normalized spacial score (nSPS) is 14.4. The fourth-order valence-corrected chi connectivity index (χ4v) is 1.48. The zero-order valence-corrected chi connectivity index (χ0v) is 10.7. The highest BCUT2D eigenvalue weighted by Crippen LogP contribution is 2.22. The van der Waals surface area contributed by atoms with Gasteiger partial charge in [0, 0.05) is 23.3 Å². The highest BCUT2D eigenvalue weighted by atomic mass is 16.1. The Hall–Kier alpha value is -1.55. The number of benzene rings is 1. The fourth-order valence-electron chi connectivity index (χ4n) is 1.48. The van der Waals surface area contributed by atoms with Crippen molar-refractivity contribution in [3.8, 4) is 0 Å². The average Bonchev–Trinajstić information content (AvgIpc) is 2.29. The number of nitrogens with two attached hydrogens (primary N) is 2.